The maximum Gasteiger partial charge on any atom is 0.268 e. The fraction of sp³-hybridized carbons (Fsp3) is 0.208. The van der Waals surface area contributed by atoms with Gasteiger partial charge in [0.25, 0.3) is 11.8 Å². The number of pyridine rings is 2. The van der Waals surface area contributed by atoms with Crippen LogP contribution < -0.4 is 10.9 Å². The maximum atomic E-state index is 13.6. The summed E-state index contributed by atoms with van der Waals surface area (Å²) in [7, 11) is 0. The Kier molecular flexibility index (Phi) is 6.19. The lowest BCUT2D eigenvalue weighted by atomic mass is 10.0. The van der Waals surface area contributed by atoms with Crippen LogP contribution in [0.4, 0.5) is 8.78 Å². The Balaban J connectivity index is 1.51. The minimum Gasteiger partial charge on any atom is -0.343 e. The number of rotatable bonds is 5. The van der Waals surface area contributed by atoms with Crippen LogP contribution in [-0.4, -0.2) is 51.7 Å². The van der Waals surface area contributed by atoms with Gasteiger partial charge in [0.15, 0.2) is 0 Å². The summed E-state index contributed by atoms with van der Waals surface area (Å²) in [5.74, 6) is -4.45. The standard InChI is InChI=1S/C24H19F2N5O3/c25-24(26)11-17(12-27)31(14-24)22(33)13-30-23(34)18-6-8-28-20-4-3-15(9-19(18)20)1-2-16-5-7-29-21(32)10-16/h1-10,17H,11,13-14H2,(H,29,32)(H,30,34)/b2-1+/t17-/m0/s1. The number of fused-ring (bicyclic) bond motifs is 1. The van der Waals surface area contributed by atoms with Crippen molar-refractivity contribution in [3.63, 3.8) is 0 Å². The number of amides is 2. The number of likely N-dealkylation sites (tertiary alicyclic amines) is 1. The first-order valence-electron chi connectivity index (χ1n) is 10.4. The van der Waals surface area contributed by atoms with Gasteiger partial charge < -0.3 is 15.2 Å². The molecule has 10 heteroatoms. The van der Waals surface area contributed by atoms with Crippen molar-refractivity contribution in [3.8, 4) is 6.07 Å². The van der Waals surface area contributed by atoms with Gasteiger partial charge in [-0.05, 0) is 35.4 Å². The number of hydrogen-bond acceptors (Lipinski definition) is 5. The molecule has 0 bridgehead atoms. The van der Waals surface area contributed by atoms with Crippen molar-refractivity contribution in [3.05, 3.63) is 75.8 Å². The third-order valence-corrected chi connectivity index (χ3v) is 5.42. The number of carbonyl (C=O) groups excluding carboxylic acids is 2. The summed E-state index contributed by atoms with van der Waals surface area (Å²) in [5.41, 5.74) is 2.04. The van der Waals surface area contributed by atoms with Gasteiger partial charge in [-0.15, -0.1) is 0 Å². The molecular formula is C24H19F2N5O3. The van der Waals surface area contributed by atoms with Crippen molar-refractivity contribution in [1.29, 1.82) is 5.26 Å². The van der Waals surface area contributed by atoms with Gasteiger partial charge in [-0.3, -0.25) is 19.4 Å². The first-order valence-corrected chi connectivity index (χ1v) is 10.4. The summed E-state index contributed by atoms with van der Waals surface area (Å²) in [6.45, 7) is -1.36. The van der Waals surface area contributed by atoms with E-state index >= 15 is 0 Å². The monoisotopic (exact) mass is 463 g/mol. The predicted octanol–water partition coefficient (Wildman–Crippen LogP) is 2.58. The van der Waals surface area contributed by atoms with E-state index in [-0.39, 0.29) is 11.1 Å². The summed E-state index contributed by atoms with van der Waals surface area (Å²) in [6, 6.07) is 10.4. The highest BCUT2D eigenvalue weighted by Gasteiger charge is 2.47. The molecular weight excluding hydrogens is 444 g/mol. The molecule has 34 heavy (non-hydrogen) atoms. The zero-order valence-corrected chi connectivity index (χ0v) is 17.8. The molecule has 4 rings (SSSR count). The molecule has 1 saturated heterocycles. The van der Waals surface area contributed by atoms with E-state index in [2.05, 4.69) is 15.3 Å². The highest BCUT2D eigenvalue weighted by atomic mass is 19.3. The normalized spacial score (nSPS) is 17.1. The average molecular weight is 463 g/mol. The van der Waals surface area contributed by atoms with E-state index in [9.17, 15) is 23.2 Å². The quantitative estimate of drug-likeness (QED) is 0.603. The molecule has 0 unspecified atom stereocenters. The van der Waals surface area contributed by atoms with Crippen molar-refractivity contribution < 1.29 is 18.4 Å². The van der Waals surface area contributed by atoms with E-state index in [1.54, 1.807) is 42.5 Å². The molecule has 2 aromatic heterocycles. The van der Waals surface area contributed by atoms with Gasteiger partial charge in [0, 0.05) is 30.3 Å². The molecule has 1 aromatic carbocycles. The number of H-pyrrole nitrogens is 1. The van der Waals surface area contributed by atoms with Gasteiger partial charge in [-0.1, -0.05) is 18.2 Å². The van der Waals surface area contributed by atoms with Crippen LogP contribution in [0.15, 0.2) is 53.6 Å². The van der Waals surface area contributed by atoms with Gasteiger partial charge >= 0.3 is 0 Å². The van der Waals surface area contributed by atoms with Crippen LogP contribution in [0.25, 0.3) is 23.1 Å². The number of alkyl halides is 2. The fourth-order valence-corrected chi connectivity index (χ4v) is 3.77. The molecule has 0 spiro atoms. The second-order valence-corrected chi connectivity index (χ2v) is 7.86. The second-order valence-electron chi connectivity index (χ2n) is 7.86. The number of nitrogens with zero attached hydrogens (tertiary/aromatic N) is 3. The number of nitriles is 1. The second kappa shape index (κ2) is 9.23. The third kappa shape index (κ3) is 4.99. The summed E-state index contributed by atoms with van der Waals surface area (Å²) in [4.78, 5) is 44.2. The van der Waals surface area contributed by atoms with Crippen molar-refractivity contribution in [2.45, 2.75) is 18.4 Å². The number of aromatic nitrogens is 2. The van der Waals surface area contributed by atoms with Crippen molar-refractivity contribution >= 4 is 34.9 Å². The topological polar surface area (TPSA) is 119 Å². The molecule has 8 nitrogen and oxygen atoms in total. The maximum absolute atomic E-state index is 13.6. The summed E-state index contributed by atoms with van der Waals surface area (Å²) >= 11 is 0. The van der Waals surface area contributed by atoms with E-state index in [1.807, 2.05) is 0 Å². The molecule has 1 fully saturated rings. The molecule has 0 radical (unpaired) electrons. The van der Waals surface area contributed by atoms with Crippen molar-refractivity contribution in [2.24, 2.45) is 0 Å². The number of aromatic amines is 1. The van der Waals surface area contributed by atoms with Crippen LogP contribution in [0.2, 0.25) is 0 Å². The zero-order valence-electron chi connectivity index (χ0n) is 17.8. The van der Waals surface area contributed by atoms with Crippen LogP contribution in [-0.2, 0) is 4.79 Å². The first kappa shape index (κ1) is 22.8. The summed E-state index contributed by atoms with van der Waals surface area (Å²) in [5, 5.41) is 12.0. The predicted molar refractivity (Wildman–Crippen MR) is 121 cm³/mol. The molecule has 172 valence electrons. The highest BCUT2D eigenvalue weighted by Crippen LogP contribution is 2.31. The van der Waals surface area contributed by atoms with Gasteiger partial charge in [-0.25, -0.2) is 8.78 Å². The minimum atomic E-state index is -3.13. The Labute approximate surface area is 192 Å². The number of hydrogen-bond donors (Lipinski definition) is 2. The molecule has 1 atom stereocenters. The molecule has 2 amide bonds. The van der Waals surface area contributed by atoms with Crippen LogP contribution in [0.5, 0.6) is 0 Å². The number of halogens is 2. The molecule has 3 aromatic rings. The number of carbonyl (C=O) groups is 2. The van der Waals surface area contributed by atoms with Crippen LogP contribution in [0.1, 0.15) is 27.9 Å². The molecule has 2 N–H and O–H groups in total. The van der Waals surface area contributed by atoms with Crippen LogP contribution in [0.3, 0.4) is 0 Å². The number of benzene rings is 1. The van der Waals surface area contributed by atoms with Crippen molar-refractivity contribution in [2.75, 3.05) is 13.1 Å². The fourth-order valence-electron chi connectivity index (χ4n) is 3.77. The first-order chi connectivity index (χ1) is 16.3. The Morgan fingerprint density at radius 1 is 1.24 bits per heavy atom. The Morgan fingerprint density at radius 2 is 2.00 bits per heavy atom. The van der Waals surface area contributed by atoms with Crippen LogP contribution >= 0.6 is 0 Å². The highest BCUT2D eigenvalue weighted by molar-refractivity contribution is 6.07. The van der Waals surface area contributed by atoms with E-state index in [1.165, 1.54) is 24.5 Å². The van der Waals surface area contributed by atoms with Gasteiger partial charge in [-0.2, -0.15) is 5.26 Å². The zero-order chi connectivity index (χ0) is 24.3. The van der Waals surface area contributed by atoms with E-state index in [4.69, 9.17) is 5.26 Å². The average Bonchev–Trinajstić information content (AvgIpc) is 3.15. The SMILES string of the molecule is N#C[C@@H]1CC(F)(F)CN1C(=O)CNC(=O)c1ccnc2ccc(/C=C/c3cc[nH]c(=O)c3)cc12. The van der Waals surface area contributed by atoms with Gasteiger partial charge in [0.1, 0.15) is 6.04 Å². The van der Waals surface area contributed by atoms with Gasteiger partial charge in [0.2, 0.25) is 11.5 Å². The Morgan fingerprint density at radius 3 is 2.74 bits per heavy atom. The summed E-state index contributed by atoms with van der Waals surface area (Å²) in [6.07, 6.45) is 5.81. The lowest BCUT2D eigenvalue weighted by Crippen LogP contribution is -2.43. The molecule has 1 aliphatic rings. The molecule has 1 aliphatic heterocycles. The smallest absolute Gasteiger partial charge is 0.268 e. The molecule has 3 heterocycles. The van der Waals surface area contributed by atoms with Crippen LogP contribution in [0, 0.1) is 11.3 Å². The van der Waals surface area contributed by atoms with E-state index < -0.39 is 43.3 Å². The molecule has 0 saturated carbocycles. The van der Waals surface area contributed by atoms with Crippen molar-refractivity contribution in [1.82, 2.24) is 20.2 Å². The molecule has 0 aliphatic carbocycles. The summed E-state index contributed by atoms with van der Waals surface area (Å²) < 4.78 is 27.2. The van der Waals surface area contributed by atoms with E-state index in [0.717, 1.165) is 10.5 Å². The number of nitrogens with one attached hydrogen (secondary N) is 2. The van der Waals surface area contributed by atoms with E-state index in [0.29, 0.717) is 16.5 Å². The van der Waals surface area contributed by atoms with Gasteiger partial charge in [0.05, 0.1) is 30.2 Å². The Bertz CT molecular complexity index is 1390. The Hall–Kier alpha value is -4.39. The largest absolute Gasteiger partial charge is 0.343 e. The third-order valence-electron chi connectivity index (χ3n) is 5.42. The minimum absolute atomic E-state index is 0.225. The lowest BCUT2D eigenvalue weighted by molar-refractivity contribution is -0.131. The lowest BCUT2D eigenvalue weighted by Gasteiger charge is -2.19.